The number of rotatable bonds is 16. The molecule has 0 radical (unpaired) electrons. The number of likely N-dealkylation sites (tertiary alicyclic amines) is 2. The molecule has 4 atom stereocenters. The van der Waals surface area contributed by atoms with Crippen LogP contribution in [0.3, 0.4) is 0 Å². The first-order valence-corrected chi connectivity index (χ1v) is 21.3. The molecule has 2 fully saturated rings. The van der Waals surface area contributed by atoms with Crippen molar-refractivity contribution in [2.24, 2.45) is 11.5 Å². The minimum atomic E-state index is -0.0753. The Morgan fingerprint density at radius 1 is 0.554 bits per heavy atom. The van der Waals surface area contributed by atoms with Gasteiger partial charge in [0.25, 0.3) is 0 Å². The van der Waals surface area contributed by atoms with Gasteiger partial charge in [-0.15, -0.1) is 0 Å². The average molecular weight is 745 g/mol. The van der Waals surface area contributed by atoms with Gasteiger partial charge in [0.1, 0.15) is 0 Å². The van der Waals surface area contributed by atoms with Gasteiger partial charge in [0.15, 0.2) is 0 Å². The van der Waals surface area contributed by atoms with Gasteiger partial charge < -0.3 is 30.4 Å². The number of fused-ring (bicyclic) bond motifs is 3. The first kappa shape index (κ1) is 32.3. The number of hydrogen-bond donors (Lipinski definition) is 2. The maximum atomic E-state index is 6.22. The van der Waals surface area contributed by atoms with Crippen molar-refractivity contribution in [1.29, 1.82) is 0 Å². The Labute approximate surface area is 326 Å². The summed E-state index contributed by atoms with van der Waals surface area (Å²) in [6.45, 7) is 12.4. The van der Waals surface area contributed by atoms with E-state index < -0.39 is 0 Å². The van der Waals surface area contributed by atoms with Crippen molar-refractivity contribution in [2.75, 3.05) is 105 Å². The molecule has 4 N–H and O–H groups in total. The average Bonchev–Trinajstić information content (AvgIpc) is 4.04. The van der Waals surface area contributed by atoms with Gasteiger partial charge in [0.2, 0.25) is 0 Å². The number of hydrogen-bond acceptors (Lipinski definition) is 8. The summed E-state index contributed by atoms with van der Waals surface area (Å²) >= 11 is 0. The van der Waals surface area contributed by atoms with Crippen molar-refractivity contribution >= 4 is 38.4 Å². The van der Waals surface area contributed by atoms with Gasteiger partial charge in [0.05, 0.1) is 58.3 Å². The molecule has 9 aliphatic rings. The quantitative estimate of drug-likeness (QED) is 0.102. The van der Waals surface area contributed by atoms with E-state index in [2.05, 4.69) is 46.2 Å². The van der Waals surface area contributed by atoms with Gasteiger partial charge in [-0.2, -0.15) is 0 Å². The molecule has 2 saturated heterocycles. The van der Waals surface area contributed by atoms with Gasteiger partial charge >= 0.3 is 0 Å². The predicted octanol–water partition coefficient (Wildman–Crippen LogP) is 5.30. The number of ether oxygens (including phenoxy) is 4. The van der Waals surface area contributed by atoms with Crippen LogP contribution in [0.15, 0.2) is 35.9 Å². The summed E-state index contributed by atoms with van der Waals surface area (Å²) in [6, 6.07) is 13.0. The van der Waals surface area contributed by atoms with E-state index in [9.17, 15) is 0 Å². The summed E-state index contributed by atoms with van der Waals surface area (Å²) in [5.41, 5.74) is 33.9. The molecule has 2 aliphatic heterocycles. The fraction of sp³-hybridized carbons (Fsp3) is 0.458. The number of benzene rings is 5. The van der Waals surface area contributed by atoms with Crippen LogP contribution in [-0.2, 0) is 42.6 Å². The Hall–Kier alpha value is -3.70. The van der Waals surface area contributed by atoms with Gasteiger partial charge in [-0.1, -0.05) is 42.0 Å². The first-order chi connectivity index (χ1) is 27.7. The highest BCUT2D eigenvalue weighted by Gasteiger charge is 2.72. The normalized spacial score (nSPS) is 26.5. The minimum Gasteiger partial charge on any atom is -0.378 e. The maximum Gasteiger partial charge on any atom is 0.0701 e. The second-order valence-electron chi connectivity index (χ2n) is 18.2. The fourth-order valence-electron chi connectivity index (χ4n) is 14.5. The Bertz CT molecular complexity index is 2700. The summed E-state index contributed by atoms with van der Waals surface area (Å²) in [7, 11) is 0. The Morgan fingerprint density at radius 3 is 1.98 bits per heavy atom. The van der Waals surface area contributed by atoms with E-state index in [0.717, 1.165) is 65.3 Å². The van der Waals surface area contributed by atoms with Crippen LogP contribution >= 0.6 is 0 Å². The molecule has 0 saturated carbocycles. The SMILES string of the molecule is NCCOCCOCCN1CC2c3cc4c5c6c3-c3c(cc7c8c3c-6c3c6c9c%10c(ccc9cc(c86)C7)C=C(C4)C54CN(CCOCCOCCN)CC%1034)C2C1. The molecule has 8 nitrogen and oxygen atoms in total. The molecular weight excluding hydrogens is 697 g/mol. The lowest BCUT2D eigenvalue weighted by Gasteiger charge is -2.51. The monoisotopic (exact) mass is 744 g/mol. The number of nitrogens with zero attached hydrogens (tertiary/aromatic N) is 2. The van der Waals surface area contributed by atoms with Crippen LogP contribution < -0.4 is 11.5 Å². The molecule has 8 heteroatoms. The van der Waals surface area contributed by atoms with Crippen LogP contribution in [0.2, 0.25) is 0 Å². The molecule has 2 heterocycles. The minimum absolute atomic E-state index is 0.0478. The molecule has 14 rings (SSSR count). The van der Waals surface area contributed by atoms with Crippen LogP contribution in [0.1, 0.15) is 61.9 Å². The molecular formula is C48H48N4O4. The van der Waals surface area contributed by atoms with Gasteiger partial charge in [-0.05, 0) is 117 Å². The van der Waals surface area contributed by atoms with Gasteiger partial charge in [-0.3, -0.25) is 9.80 Å². The summed E-state index contributed by atoms with van der Waals surface area (Å²) in [4.78, 5) is 5.49. The van der Waals surface area contributed by atoms with Gasteiger partial charge in [-0.25, -0.2) is 0 Å². The van der Waals surface area contributed by atoms with E-state index in [1.54, 1.807) is 99.3 Å². The first-order valence-electron chi connectivity index (χ1n) is 21.3. The van der Waals surface area contributed by atoms with Crippen LogP contribution in [0, 0.1) is 0 Å². The molecule has 4 unspecified atom stereocenters. The van der Waals surface area contributed by atoms with Crippen molar-refractivity contribution in [3.63, 3.8) is 0 Å². The topological polar surface area (TPSA) is 95.4 Å². The largest absolute Gasteiger partial charge is 0.378 e. The summed E-state index contributed by atoms with van der Waals surface area (Å²) < 4.78 is 23.5. The lowest BCUT2D eigenvalue weighted by atomic mass is 9.49. The van der Waals surface area contributed by atoms with Crippen molar-refractivity contribution < 1.29 is 18.9 Å². The van der Waals surface area contributed by atoms with E-state index in [0.29, 0.717) is 64.6 Å². The molecule has 0 amide bonds. The lowest BCUT2D eigenvalue weighted by molar-refractivity contribution is 0.0428. The zero-order valence-electron chi connectivity index (χ0n) is 32.0. The van der Waals surface area contributed by atoms with Crippen LogP contribution in [-0.4, -0.2) is 115 Å². The summed E-state index contributed by atoms with van der Waals surface area (Å²) in [5.74, 6) is 1.01. The van der Waals surface area contributed by atoms with E-state index in [4.69, 9.17) is 30.4 Å². The highest BCUT2D eigenvalue weighted by molar-refractivity contribution is 6.36. The zero-order chi connectivity index (χ0) is 36.7. The molecule has 0 aromatic heterocycles. The van der Waals surface area contributed by atoms with E-state index in [1.165, 1.54) is 10.9 Å². The van der Waals surface area contributed by atoms with Crippen molar-refractivity contribution in [3.8, 4) is 22.3 Å². The molecule has 5 aromatic rings. The standard InChI is InChI=1S/C48H48N4O4/c49-3-7-53-11-13-55-9-5-51-21-33-31-19-28-16-27-15-25-1-2-26-17-30-18-29-20-32(34(33)22-51)39-38(31)40-35(28)36(27)41-37(25)44(26)48-24-52(6-10-56-14-12-54-8-4-50)23-47(30,48)45(29)42(39)43(40)46(41)48/h1-2,15,17,19-20,33-34H,3-14,16,18,21-24,49-50H2. The van der Waals surface area contributed by atoms with E-state index in [1.807, 2.05) is 0 Å². The highest BCUT2D eigenvalue weighted by Crippen LogP contribution is 2.78. The third-order valence-electron chi connectivity index (χ3n) is 15.9. The smallest absolute Gasteiger partial charge is 0.0701 e. The molecule has 56 heavy (non-hydrogen) atoms. The van der Waals surface area contributed by atoms with E-state index in [-0.39, 0.29) is 10.8 Å². The fourth-order valence-corrected chi connectivity index (χ4v) is 14.5. The second kappa shape index (κ2) is 11.1. The van der Waals surface area contributed by atoms with Crippen molar-refractivity contribution in [3.05, 3.63) is 86.0 Å². The molecule has 284 valence electrons. The lowest BCUT2D eigenvalue weighted by Crippen LogP contribution is -2.52. The molecule has 5 aromatic carbocycles. The third kappa shape index (κ3) is 3.52. The van der Waals surface area contributed by atoms with Gasteiger partial charge in [0, 0.05) is 69.6 Å². The van der Waals surface area contributed by atoms with E-state index >= 15 is 0 Å². The maximum absolute atomic E-state index is 6.22. The predicted molar refractivity (Wildman–Crippen MR) is 220 cm³/mol. The Balaban J connectivity index is 0.951. The van der Waals surface area contributed by atoms with Crippen LogP contribution in [0.4, 0.5) is 0 Å². The Kier molecular flexibility index (Phi) is 6.38. The third-order valence-corrected chi connectivity index (χ3v) is 15.9. The summed E-state index contributed by atoms with van der Waals surface area (Å²) in [6.07, 6.45) is 4.78. The van der Waals surface area contributed by atoms with Crippen molar-refractivity contribution in [1.82, 2.24) is 9.80 Å². The molecule has 2 spiro atoms. The molecule has 7 aliphatic carbocycles. The highest BCUT2D eigenvalue weighted by atomic mass is 16.5. The second-order valence-corrected chi connectivity index (χ2v) is 18.2. The Morgan fingerprint density at radius 2 is 1.21 bits per heavy atom. The summed E-state index contributed by atoms with van der Waals surface area (Å²) in [5, 5.41) is 9.45. The van der Waals surface area contributed by atoms with Crippen molar-refractivity contribution in [2.45, 2.75) is 35.5 Å². The number of nitrogens with two attached hydrogens (primary N) is 2. The van der Waals surface area contributed by atoms with Crippen LogP contribution in [0.5, 0.6) is 0 Å². The zero-order valence-corrected chi connectivity index (χ0v) is 32.0. The molecule has 0 bridgehead atoms. The van der Waals surface area contributed by atoms with Crippen LogP contribution in [0.25, 0.3) is 60.6 Å².